The second-order valence-electron chi connectivity index (χ2n) is 13.0. The fraction of sp³-hybridized carbons (Fsp3) is 0.750. The van der Waals surface area contributed by atoms with E-state index in [0.717, 1.165) is 18.4 Å². The Hall–Kier alpha value is -2.18. The number of imidazole rings is 1. The summed E-state index contributed by atoms with van der Waals surface area (Å²) in [6.07, 6.45) is 4.58. The maximum absolute atomic E-state index is 14.0. The van der Waals surface area contributed by atoms with Gasteiger partial charge >= 0.3 is 6.09 Å². The van der Waals surface area contributed by atoms with Crippen molar-refractivity contribution in [3.05, 3.63) is 29.7 Å². The highest BCUT2D eigenvalue weighted by Crippen LogP contribution is 2.41. The van der Waals surface area contributed by atoms with Crippen molar-refractivity contribution in [2.75, 3.05) is 13.2 Å². The molecule has 3 atom stereocenters. The van der Waals surface area contributed by atoms with Crippen LogP contribution in [0.3, 0.4) is 0 Å². The first kappa shape index (κ1) is 30.8. The number of alkyl carbamates (subject to hydrolysis) is 1. The Kier molecular flexibility index (Phi) is 9.21. The van der Waals surface area contributed by atoms with Crippen molar-refractivity contribution in [1.29, 1.82) is 0 Å². The standard InChI is InChI=1S/C28H43F2N5O4S/c1-26(2,3)39-25(36)33-24(18-7-11-28(29,30)12-8-18)21-17-35-22(32-21)15-20(16-31-35)23(19-9-13-38-14-10-19)34-40(37)27(4,5)6/h15-19,23-24,34H,7-14H2,1-6H3,(H,33,36)/t23-,24+,40+/m1/s1. The number of nitrogens with zero attached hydrogens (tertiary/aromatic N) is 3. The molecule has 0 unspecified atom stereocenters. The number of hydrogen-bond donors (Lipinski definition) is 2. The molecule has 3 heterocycles. The quantitative estimate of drug-likeness (QED) is 0.437. The number of carbonyl (C=O) groups is 1. The van der Waals surface area contributed by atoms with Crippen molar-refractivity contribution < 1.29 is 27.3 Å². The number of aromatic nitrogens is 3. The van der Waals surface area contributed by atoms with Gasteiger partial charge in [-0.25, -0.2) is 32.0 Å². The van der Waals surface area contributed by atoms with Gasteiger partial charge in [-0.05, 0) is 90.7 Å². The zero-order valence-corrected chi connectivity index (χ0v) is 25.2. The van der Waals surface area contributed by atoms with Gasteiger partial charge in [-0.3, -0.25) is 0 Å². The number of alkyl halides is 2. The van der Waals surface area contributed by atoms with Gasteiger partial charge in [0, 0.05) is 32.1 Å². The van der Waals surface area contributed by atoms with E-state index in [0.29, 0.717) is 24.6 Å². The number of ether oxygens (including phenoxy) is 2. The average molecular weight is 584 g/mol. The monoisotopic (exact) mass is 583 g/mol. The number of carbonyl (C=O) groups excluding carboxylic acids is 1. The van der Waals surface area contributed by atoms with E-state index in [1.165, 1.54) is 0 Å². The molecule has 4 rings (SSSR count). The Morgan fingerprint density at radius 1 is 1.10 bits per heavy atom. The van der Waals surface area contributed by atoms with E-state index in [1.54, 1.807) is 37.7 Å². The van der Waals surface area contributed by atoms with Crippen LogP contribution in [0.2, 0.25) is 0 Å². The maximum atomic E-state index is 14.0. The highest BCUT2D eigenvalue weighted by atomic mass is 32.2. The average Bonchev–Trinajstić information content (AvgIpc) is 3.28. The minimum absolute atomic E-state index is 0.210. The summed E-state index contributed by atoms with van der Waals surface area (Å²) in [6.45, 7) is 12.4. The Labute approximate surface area is 237 Å². The first-order valence-corrected chi connectivity index (χ1v) is 15.2. The third kappa shape index (κ3) is 7.97. The van der Waals surface area contributed by atoms with Gasteiger partial charge in [0.15, 0.2) is 5.65 Å². The van der Waals surface area contributed by atoms with Crippen LogP contribution in [0, 0.1) is 11.8 Å². The summed E-state index contributed by atoms with van der Waals surface area (Å²) < 4.78 is 56.6. The van der Waals surface area contributed by atoms with E-state index in [-0.39, 0.29) is 43.6 Å². The molecule has 40 heavy (non-hydrogen) atoms. The van der Waals surface area contributed by atoms with Crippen molar-refractivity contribution in [2.45, 2.75) is 108 Å². The lowest BCUT2D eigenvalue weighted by Crippen LogP contribution is -2.40. The zero-order chi connectivity index (χ0) is 29.3. The summed E-state index contributed by atoms with van der Waals surface area (Å²) >= 11 is 0. The van der Waals surface area contributed by atoms with Crippen molar-refractivity contribution in [2.24, 2.45) is 11.8 Å². The highest BCUT2D eigenvalue weighted by molar-refractivity contribution is 7.84. The lowest BCUT2D eigenvalue weighted by molar-refractivity contribution is -0.0500. The first-order chi connectivity index (χ1) is 18.6. The molecule has 1 amide bonds. The van der Waals surface area contributed by atoms with E-state index in [4.69, 9.17) is 14.5 Å². The first-order valence-electron chi connectivity index (χ1n) is 14.1. The molecule has 0 radical (unpaired) electrons. The van der Waals surface area contributed by atoms with Crippen LogP contribution >= 0.6 is 0 Å². The number of halogens is 2. The molecular weight excluding hydrogens is 540 g/mol. The minimum atomic E-state index is -2.69. The molecular formula is C28H43F2N5O4S. The molecule has 2 aromatic heterocycles. The SMILES string of the molecule is CC(C)(C)OC(=O)N[C@H](c1cn2ncc([C@H](N[S@@](=O)C(C)(C)C)C3CCOCC3)cc2n1)C1CCC(F)(F)CC1. The number of rotatable bonds is 7. The molecule has 2 fully saturated rings. The van der Waals surface area contributed by atoms with Crippen molar-refractivity contribution >= 4 is 22.7 Å². The minimum Gasteiger partial charge on any atom is -0.444 e. The fourth-order valence-corrected chi connectivity index (χ4v) is 6.18. The van der Waals surface area contributed by atoms with E-state index in [1.807, 2.05) is 26.8 Å². The summed E-state index contributed by atoms with van der Waals surface area (Å²) in [5.74, 6) is -2.70. The molecule has 9 nitrogen and oxygen atoms in total. The van der Waals surface area contributed by atoms with Crippen LogP contribution in [-0.4, -0.2) is 54.4 Å². The second-order valence-corrected chi connectivity index (χ2v) is 15.0. The fourth-order valence-electron chi connectivity index (χ4n) is 5.27. The van der Waals surface area contributed by atoms with Crippen LogP contribution < -0.4 is 10.0 Å². The van der Waals surface area contributed by atoms with E-state index in [2.05, 4.69) is 15.1 Å². The Morgan fingerprint density at radius 3 is 2.33 bits per heavy atom. The van der Waals surface area contributed by atoms with Gasteiger partial charge < -0.3 is 14.8 Å². The van der Waals surface area contributed by atoms with Crippen LogP contribution in [-0.2, 0) is 20.5 Å². The van der Waals surface area contributed by atoms with E-state index >= 15 is 0 Å². The van der Waals surface area contributed by atoms with Crippen LogP contribution in [0.15, 0.2) is 18.5 Å². The number of hydrogen-bond acceptors (Lipinski definition) is 6. The van der Waals surface area contributed by atoms with E-state index in [9.17, 15) is 17.8 Å². The van der Waals surface area contributed by atoms with Crippen LogP contribution in [0.1, 0.15) is 103 Å². The Balaban J connectivity index is 1.65. The van der Waals surface area contributed by atoms with Gasteiger partial charge in [-0.15, -0.1) is 0 Å². The number of amides is 1. The van der Waals surface area contributed by atoms with Gasteiger partial charge in [0.1, 0.15) is 5.60 Å². The second kappa shape index (κ2) is 12.0. The van der Waals surface area contributed by atoms with Crippen LogP contribution in [0.4, 0.5) is 13.6 Å². The molecule has 0 aromatic carbocycles. The molecule has 12 heteroatoms. The normalized spacial score (nSPS) is 21.6. The lowest BCUT2D eigenvalue weighted by atomic mass is 9.81. The van der Waals surface area contributed by atoms with Gasteiger partial charge in [0.25, 0.3) is 0 Å². The summed E-state index contributed by atoms with van der Waals surface area (Å²) in [5.41, 5.74) is 1.26. The highest BCUT2D eigenvalue weighted by Gasteiger charge is 2.40. The maximum Gasteiger partial charge on any atom is 0.408 e. The molecule has 0 spiro atoms. The van der Waals surface area contributed by atoms with E-state index < -0.39 is 39.4 Å². The van der Waals surface area contributed by atoms with Gasteiger partial charge in [0.05, 0.1) is 39.9 Å². The van der Waals surface area contributed by atoms with Gasteiger partial charge in [0.2, 0.25) is 5.92 Å². The van der Waals surface area contributed by atoms with Crippen LogP contribution in [0.25, 0.3) is 5.65 Å². The molecule has 2 aliphatic rings. The molecule has 2 aromatic rings. The summed E-state index contributed by atoms with van der Waals surface area (Å²) in [4.78, 5) is 17.6. The number of fused-ring (bicyclic) bond motifs is 1. The van der Waals surface area contributed by atoms with Crippen molar-refractivity contribution in [3.8, 4) is 0 Å². The zero-order valence-electron chi connectivity index (χ0n) is 24.3. The van der Waals surface area contributed by atoms with Crippen LogP contribution in [0.5, 0.6) is 0 Å². The summed E-state index contributed by atoms with van der Waals surface area (Å²) in [6, 6.07) is 1.11. The van der Waals surface area contributed by atoms with Crippen molar-refractivity contribution in [3.63, 3.8) is 0 Å². The lowest BCUT2D eigenvalue weighted by Gasteiger charge is -2.33. The molecule has 1 saturated heterocycles. The molecule has 2 N–H and O–H groups in total. The predicted octanol–water partition coefficient (Wildman–Crippen LogP) is 5.64. The third-order valence-electron chi connectivity index (χ3n) is 7.47. The summed E-state index contributed by atoms with van der Waals surface area (Å²) in [5, 5.41) is 7.50. The molecule has 224 valence electrons. The van der Waals surface area contributed by atoms with Crippen molar-refractivity contribution in [1.82, 2.24) is 24.6 Å². The van der Waals surface area contributed by atoms with Gasteiger partial charge in [-0.1, -0.05) is 0 Å². The largest absolute Gasteiger partial charge is 0.444 e. The molecule has 1 aliphatic carbocycles. The topological polar surface area (TPSA) is 107 Å². The molecule has 1 aliphatic heterocycles. The summed E-state index contributed by atoms with van der Waals surface area (Å²) in [7, 11) is -1.30. The third-order valence-corrected chi connectivity index (χ3v) is 9.05. The number of nitrogens with one attached hydrogen (secondary N) is 2. The molecule has 1 saturated carbocycles. The Bertz CT molecular complexity index is 1190. The smallest absolute Gasteiger partial charge is 0.408 e. The van der Waals surface area contributed by atoms with Gasteiger partial charge in [-0.2, -0.15) is 5.10 Å². The predicted molar refractivity (Wildman–Crippen MR) is 149 cm³/mol. The Morgan fingerprint density at radius 2 is 1.73 bits per heavy atom. The molecule has 0 bridgehead atoms.